The standard InChI is InChI=1S/C26H23N3O5/c30-23-20-21(24(31)29(23)18-11-5-2-6-12-18)26(25(32)33,16-34-15-17-9-3-1-4-10-17)28-22(20)19-13-7-8-14-27-19/h1-14,20-22,28H,15-16H2,(H,32,33). The number of carboxylic acid groups (broad SMARTS) is 1. The van der Waals surface area contributed by atoms with E-state index in [9.17, 15) is 19.5 Å². The summed E-state index contributed by atoms with van der Waals surface area (Å²) in [6, 6.07) is 22.4. The first-order chi connectivity index (χ1) is 16.5. The van der Waals surface area contributed by atoms with Crippen LogP contribution < -0.4 is 10.2 Å². The Morgan fingerprint density at radius 2 is 1.65 bits per heavy atom. The number of amides is 2. The van der Waals surface area contributed by atoms with E-state index in [0.717, 1.165) is 10.5 Å². The van der Waals surface area contributed by atoms with Crippen molar-refractivity contribution in [3.63, 3.8) is 0 Å². The van der Waals surface area contributed by atoms with Gasteiger partial charge in [0.1, 0.15) is 0 Å². The third-order valence-corrected chi connectivity index (χ3v) is 6.50. The van der Waals surface area contributed by atoms with Gasteiger partial charge in [0.05, 0.1) is 42.5 Å². The van der Waals surface area contributed by atoms with Crippen LogP contribution >= 0.6 is 0 Å². The third-order valence-electron chi connectivity index (χ3n) is 6.50. The minimum Gasteiger partial charge on any atom is -0.480 e. The van der Waals surface area contributed by atoms with Gasteiger partial charge in [0.15, 0.2) is 5.54 Å². The zero-order chi connectivity index (χ0) is 23.7. The van der Waals surface area contributed by atoms with Crippen LogP contribution in [0, 0.1) is 11.8 Å². The van der Waals surface area contributed by atoms with Gasteiger partial charge in [-0.3, -0.25) is 24.7 Å². The van der Waals surface area contributed by atoms with Gasteiger partial charge in [-0.1, -0.05) is 54.6 Å². The molecule has 0 saturated carbocycles. The van der Waals surface area contributed by atoms with Gasteiger partial charge < -0.3 is 9.84 Å². The Hall–Kier alpha value is -3.88. The van der Waals surface area contributed by atoms with Crippen molar-refractivity contribution in [2.24, 2.45) is 11.8 Å². The Kier molecular flexibility index (Phi) is 5.69. The van der Waals surface area contributed by atoms with Crippen LogP contribution in [0.15, 0.2) is 85.1 Å². The predicted molar refractivity (Wildman–Crippen MR) is 122 cm³/mol. The fraction of sp³-hybridized carbons (Fsp3) is 0.231. The summed E-state index contributed by atoms with van der Waals surface area (Å²) < 4.78 is 5.84. The van der Waals surface area contributed by atoms with E-state index in [-0.39, 0.29) is 13.2 Å². The fourth-order valence-corrected chi connectivity index (χ4v) is 4.94. The maximum absolute atomic E-state index is 13.7. The van der Waals surface area contributed by atoms with Gasteiger partial charge in [0, 0.05) is 6.20 Å². The summed E-state index contributed by atoms with van der Waals surface area (Å²) in [4.78, 5) is 45.4. The maximum Gasteiger partial charge on any atom is 0.327 e. The quantitative estimate of drug-likeness (QED) is 0.525. The molecule has 0 spiro atoms. The number of carbonyl (C=O) groups is 3. The summed E-state index contributed by atoms with van der Waals surface area (Å²) >= 11 is 0. The molecule has 2 saturated heterocycles. The lowest BCUT2D eigenvalue weighted by Gasteiger charge is -2.30. The van der Waals surface area contributed by atoms with Crippen molar-refractivity contribution in [3.8, 4) is 0 Å². The first-order valence-electron chi connectivity index (χ1n) is 11.0. The van der Waals surface area contributed by atoms with Crippen LogP contribution in [0.25, 0.3) is 0 Å². The number of nitrogens with one attached hydrogen (secondary N) is 1. The number of pyridine rings is 1. The number of aromatic nitrogens is 1. The number of nitrogens with zero attached hydrogens (tertiary/aromatic N) is 2. The van der Waals surface area contributed by atoms with E-state index < -0.39 is 41.2 Å². The van der Waals surface area contributed by atoms with Gasteiger partial charge in [-0.2, -0.15) is 0 Å². The van der Waals surface area contributed by atoms with Crippen LogP contribution in [0.3, 0.4) is 0 Å². The number of aliphatic carboxylic acids is 1. The lowest BCUT2D eigenvalue weighted by molar-refractivity contribution is -0.152. The second-order valence-corrected chi connectivity index (χ2v) is 8.48. The molecule has 8 nitrogen and oxygen atoms in total. The number of hydrogen-bond donors (Lipinski definition) is 2. The highest BCUT2D eigenvalue weighted by Crippen LogP contribution is 2.49. The molecule has 0 bridgehead atoms. The van der Waals surface area contributed by atoms with E-state index in [1.54, 1.807) is 54.7 Å². The number of ether oxygens (including phenoxy) is 1. The molecular weight excluding hydrogens is 434 g/mol. The molecule has 2 fully saturated rings. The van der Waals surface area contributed by atoms with E-state index >= 15 is 0 Å². The highest BCUT2D eigenvalue weighted by molar-refractivity contribution is 6.24. The zero-order valence-electron chi connectivity index (χ0n) is 18.2. The molecule has 2 amide bonds. The topological polar surface area (TPSA) is 109 Å². The Bertz CT molecular complexity index is 1200. The van der Waals surface area contributed by atoms with Gasteiger partial charge in [-0.15, -0.1) is 0 Å². The van der Waals surface area contributed by atoms with Gasteiger partial charge in [0.25, 0.3) is 0 Å². The van der Waals surface area contributed by atoms with Crippen molar-refractivity contribution in [2.45, 2.75) is 18.2 Å². The minimum atomic E-state index is -1.79. The molecule has 3 aromatic rings. The number of hydrogen-bond acceptors (Lipinski definition) is 6. The average Bonchev–Trinajstić information content (AvgIpc) is 3.35. The highest BCUT2D eigenvalue weighted by atomic mass is 16.5. The van der Waals surface area contributed by atoms with E-state index in [4.69, 9.17) is 4.74 Å². The summed E-state index contributed by atoms with van der Waals surface area (Å²) in [7, 11) is 0. The molecule has 8 heteroatoms. The fourth-order valence-electron chi connectivity index (χ4n) is 4.94. The number of benzene rings is 2. The number of anilines is 1. The minimum absolute atomic E-state index is 0.174. The van der Waals surface area contributed by atoms with Crippen LogP contribution in [0.4, 0.5) is 5.69 Å². The molecule has 4 atom stereocenters. The summed E-state index contributed by atoms with van der Waals surface area (Å²) in [6.45, 7) is -0.114. The van der Waals surface area contributed by atoms with Crippen LogP contribution in [0.5, 0.6) is 0 Å². The van der Waals surface area contributed by atoms with Gasteiger partial charge >= 0.3 is 5.97 Å². The number of fused-ring (bicyclic) bond motifs is 1. The Morgan fingerprint density at radius 3 is 2.29 bits per heavy atom. The Balaban J connectivity index is 1.54. The van der Waals surface area contributed by atoms with E-state index in [0.29, 0.717) is 11.4 Å². The Morgan fingerprint density at radius 1 is 0.971 bits per heavy atom. The van der Waals surface area contributed by atoms with E-state index in [2.05, 4.69) is 10.3 Å². The second-order valence-electron chi connectivity index (χ2n) is 8.48. The molecule has 2 aliphatic rings. The maximum atomic E-state index is 13.7. The van der Waals surface area contributed by atoms with Crippen LogP contribution in [-0.4, -0.2) is 40.0 Å². The number of para-hydroxylation sites is 1. The molecule has 2 N–H and O–H groups in total. The monoisotopic (exact) mass is 457 g/mol. The SMILES string of the molecule is O=C1C2C(c3ccccn3)NC(COCc3ccccc3)(C(=O)O)C2C(=O)N1c1ccccc1. The molecule has 2 aliphatic heterocycles. The summed E-state index contributed by atoms with van der Waals surface area (Å²) in [6.07, 6.45) is 1.58. The highest BCUT2D eigenvalue weighted by Gasteiger charge is 2.69. The Labute approximate surface area is 196 Å². The molecule has 172 valence electrons. The van der Waals surface area contributed by atoms with Crippen LogP contribution in [0.2, 0.25) is 0 Å². The van der Waals surface area contributed by atoms with Crippen molar-refractivity contribution in [1.29, 1.82) is 0 Å². The molecule has 4 unspecified atom stereocenters. The largest absolute Gasteiger partial charge is 0.480 e. The summed E-state index contributed by atoms with van der Waals surface area (Å²) in [5.41, 5.74) is -0.00716. The molecule has 1 aromatic heterocycles. The lowest BCUT2D eigenvalue weighted by Crippen LogP contribution is -2.59. The number of rotatable bonds is 7. The van der Waals surface area contributed by atoms with Gasteiger partial charge in [-0.25, -0.2) is 4.90 Å². The second kappa shape index (κ2) is 8.81. The van der Waals surface area contributed by atoms with Crippen LogP contribution in [0.1, 0.15) is 17.3 Å². The smallest absolute Gasteiger partial charge is 0.327 e. The van der Waals surface area contributed by atoms with Crippen LogP contribution in [-0.2, 0) is 25.7 Å². The normalized spacial score (nSPS) is 26.0. The van der Waals surface area contributed by atoms with Gasteiger partial charge in [-0.05, 0) is 29.8 Å². The summed E-state index contributed by atoms with van der Waals surface area (Å²) in [5.74, 6) is -4.34. The first kappa shape index (κ1) is 21.9. The molecular formula is C26H23N3O5. The van der Waals surface area contributed by atoms with E-state index in [1.807, 2.05) is 30.3 Å². The summed E-state index contributed by atoms with van der Waals surface area (Å²) in [5, 5.41) is 13.5. The van der Waals surface area contributed by atoms with Crippen molar-refractivity contribution < 1.29 is 24.2 Å². The molecule has 0 aliphatic carbocycles. The van der Waals surface area contributed by atoms with Crippen molar-refractivity contribution >= 4 is 23.5 Å². The number of imide groups is 1. The molecule has 5 rings (SSSR count). The lowest BCUT2D eigenvalue weighted by atomic mass is 9.80. The third kappa shape index (κ3) is 3.57. The number of carboxylic acids is 1. The zero-order valence-corrected chi connectivity index (χ0v) is 18.2. The molecule has 2 aromatic carbocycles. The van der Waals surface area contributed by atoms with Crippen molar-refractivity contribution in [1.82, 2.24) is 10.3 Å². The molecule has 34 heavy (non-hydrogen) atoms. The number of carbonyl (C=O) groups excluding carboxylic acids is 2. The first-order valence-corrected chi connectivity index (χ1v) is 11.0. The molecule has 0 radical (unpaired) electrons. The van der Waals surface area contributed by atoms with Crippen molar-refractivity contribution in [2.75, 3.05) is 11.5 Å². The van der Waals surface area contributed by atoms with Gasteiger partial charge in [0.2, 0.25) is 11.8 Å². The molecule has 3 heterocycles. The van der Waals surface area contributed by atoms with Crippen molar-refractivity contribution in [3.05, 3.63) is 96.3 Å². The average molecular weight is 457 g/mol. The van der Waals surface area contributed by atoms with E-state index in [1.165, 1.54) is 0 Å². The predicted octanol–water partition coefficient (Wildman–Crippen LogP) is 2.57.